The molecule has 0 saturated heterocycles. The molecule has 1 aromatic carbocycles. The molecule has 1 aliphatic rings. The molecule has 0 spiro atoms. The van der Waals surface area contributed by atoms with Crippen molar-refractivity contribution in [2.24, 2.45) is 11.7 Å². The number of benzene rings is 1. The molecule has 0 saturated carbocycles. The van der Waals surface area contributed by atoms with Gasteiger partial charge in [-0.3, -0.25) is 0 Å². The summed E-state index contributed by atoms with van der Waals surface area (Å²) in [6.45, 7) is 7.60. The van der Waals surface area contributed by atoms with E-state index in [-0.39, 0.29) is 6.61 Å². The Balaban J connectivity index is 1.77. The van der Waals surface area contributed by atoms with Gasteiger partial charge in [-0.25, -0.2) is 0 Å². The van der Waals surface area contributed by atoms with Gasteiger partial charge in [-0.1, -0.05) is 38.5 Å². The van der Waals surface area contributed by atoms with Crippen LogP contribution in [0.4, 0.5) is 0 Å². The Kier molecular flexibility index (Phi) is 10.4. The summed E-state index contributed by atoms with van der Waals surface area (Å²) in [5.41, 5.74) is 10.2. The van der Waals surface area contributed by atoms with Crippen LogP contribution in [0.25, 0.3) is 0 Å². The Labute approximate surface area is 165 Å². The lowest BCUT2D eigenvalue weighted by molar-refractivity contribution is -0.00218. The molecule has 1 aliphatic carbocycles. The number of hydrogen-bond acceptors (Lipinski definition) is 4. The van der Waals surface area contributed by atoms with E-state index in [2.05, 4.69) is 32.0 Å². The molecule has 0 aromatic heterocycles. The minimum absolute atomic E-state index is 0.269. The highest BCUT2D eigenvalue weighted by Gasteiger charge is 2.20. The first-order chi connectivity index (χ1) is 13.1. The van der Waals surface area contributed by atoms with Gasteiger partial charge in [0, 0.05) is 13.2 Å². The number of aliphatic hydroxyl groups is 1. The van der Waals surface area contributed by atoms with Crippen molar-refractivity contribution in [3.63, 3.8) is 0 Å². The van der Waals surface area contributed by atoms with Crippen molar-refractivity contribution in [3.8, 4) is 0 Å². The molecule has 0 heterocycles. The highest BCUT2D eigenvalue weighted by Crippen LogP contribution is 2.28. The van der Waals surface area contributed by atoms with Crippen LogP contribution >= 0.6 is 0 Å². The summed E-state index contributed by atoms with van der Waals surface area (Å²) in [6, 6.07) is 6.87. The van der Waals surface area contributed by atoms with E-state index in [0.29, 0.717) is 37.7 Å². The molecule has 0 aliphatic heterocycles. The summed E-state index contributed by atoms with van der Waals surface area (Å²) in [5, 5.41) is 8.98. The van der Waals surface area contributed by atoms with Gasteiger partial charge in [0.1, 0.15) is 0 Å². The molecule has 0 fully saturated rings. The Bertz CT molecular complexity index is 532. The van der Waals surface area contributed by atoms with Crippen LogP contribution < -0.4 is 5.73 Å². The van der Waals surface area contributed by atoms with Gasteiger partial charge in [-0.05, 0) is 73.6 Å². The maximum atomic E-state index is 8.98. The Hall–Kier alpha value is -0.940. The maximum absolute atomic E-state index is 8.98. The fourth-order valence-electron chi connectivity index (χ4n) is 3.76. The van der Waals surface area contributed by atoms with Crippen molar-refractivity contribution in [3.05, 3.63) is 34.9 Å². The van der Waals surface area contributed by atoms with E-state index in [9.17, 15) is 0 Å². The topological polar surface area (TPSA) is 64.7 Å². The van der Waals surface area contributed by atoms with Crippen molar-refractivity contribution in [2.75, 3.05) is 33.0 Å². The minimum Gasteiger partial charge on any atom is -0.396 e. The zero-order valence-corrected chi connectivity index (χ0v) is 17.3. The van der Waals surface area contributed by atoms with Gasteiger partial charge in [0.25, 0.3) is 0 Å². The van der Waals surface area contributed by atoms with E-state index in [1.54, 1.807) is 0 Å². The number of nitrogens with two attached hydrogens (primary N) is 1. The van der Waals surface area contributed by atoms with Gasteiger partial charge in [-0.15, -0.1) is 0 Å². The summed E-state index contributed by atoms with van der Waals surface area (Å²) in [4.78, 5) is 0. The average Bonchev–Trinajstić information content (AvgIpc) is 2.67. The van der Waals surface area contributed by atoms with Gasteiger partial charge in [0.2, 0.25) is 0 Å². The van der Waals surface area contributed by atoms with Gasteiger partial charge in [0.15, 0.2) is 0 Å². The Morgan fingerprint density at radius 2 is 1.96 bits per heavy atom. The van der Waals surface area contributed by atoms with Crippen molar-refractivity contribution >= 4 is 0 Å². The number of hydrogen-bond donors (Lipinski definition) is 2. The fraction of sp³-hybridized carbons (Fsp3) is 0.739. The first kappa shape index (κ1) is 22.4. The largest absolute Gasteiger partial charge is 0.396 e. The molecule has 0 bridgehead atoms. The van der Waals surface area contributed by atoms with Gasteiger partial charge in [0.05, 0.1) is 19.3 Å². The van der Waals surface area contributed by atoms with Crippen molar-refractivity contribution in [1.29, 1.82) is 0 Å². The molecule has 0 radical (unpaired) electrons. The lowest BCUT2D eigenvalue weighted by Gasteiger charge is -2.26. The van der Waals surface area contributed by atoms with Crippen LogP contribution in [-0.4, -0.2) is 44.2 Å². The van der Waals surface area contributed by atoms with Crippen molar-refractivity contribution < 1.29 is 14.6 Å². The standard InChI is InChI=1S/C23H39NO3/c1-18(2)10-12-26-13-14-27-23-9-8-19-15-20(6-7-21(19)16-23)22(17-24)5-3-4-11-25/h6-7,15,18,22-23,25H,3-5,8-14,16-17,24H2,1-2H3/t22-,23-/m0/s1. The zero-order chi connectivity index (χ0) is 19.5. The van der Waals surface area contributed by atoms with Crippen LogP contribution in [-0.2, 0) is 22.3 Å². The molecule has 2 atom stereocenters. The highest BCUT2D eigenvalue weighted by molar-refractivity contribution is 5.36. The first-order valence-electron chi connectivity index (χ1n) is 10.8. The SMILES string of the molecule is CC(C)CCOCCO[C@H]1CCc2cc([C@H](CN)CCCCO)ccc2C1. The van der Waals surface area contributed by atoms with Crippen LogP contribution in [0.3, 0.4) is 0 Å². The molecule has 0 unspecified atom stereocenters. The van der Waals surface area contributed by atoms with E-state index in [1.165, 1.54) is 16.7 Å². The number of aliphatic hydroxyl groups excluding tert-OH is 1. The van der Waals surface area contributed by atoms with Gasteiger partial charge >= 0.3 is 0 Å². The van der Waals surface area contributed by atoms with E-state index in [0.717, 1.165) is 51.6 Å². The normalized spacial score (nSPS) is 17.9. The summed E-state index contributed by atoms with van der Waals surface area (Å²) in [6.07, 6.45) is 7.54. The number of fused-ring (bicyclic) bond motifs is 1. The van der Waals surface area contributed by atoms with E-state index in [1.807, 2.05) is 0 Å². The predicted molar refractivity (Wildman–Crippen MR) is 111 cm³/mol. The van der Waals surface area contributed by atoms with E-state index >= 15 is 0 Å². The molecular formula is C23H39NO3. The van der Waals surface area contributed by atoms with Crippen LogP contribution in [0.1, 0.15) is 68.6 Å². The molecule has 0 amide bonds. The monoisotopic (exact) mass is 377 g/mol. The molecule has 154 valence electrons. The minimum atomic E-state index is 0.269. The average molecular weight is 378 g/mol. The van der Waals surface area contributed by atoms with Crippen LogP contribution in [0.5, 0.6) is 0 Å². The third-order valence-electron chi connectivity index (χ3n) is 5.55. The molecular weight excluding hydrogens is 338 g/mol. The van der Waals surface area contributed by atoms with Gasteiger partial charge < -0.3 is 20.3 Å². The lowest BCUT2D eigenvalue weighted by atomic mass is 9.85. The number of ether oxygens (including phenoxy) is 2. The summed E-state index contributed by atoms with van der Waals surface area (Å²) in [5.74, 6) is 1.10. The molecule has 4 heteroatoms. The molecule has 1 aromatic rings. The lowest BCUT2D eigenvalue weighted by Crippen LogP contribution is -2.24. The van der Waals surface area contributed by atoms with E-state index < -0.39 is 0 Å². The smallest absolute Gasteiger partial charge is 0.0704 e. The molecule has 27 heavy (non-hydrogen) atoms. The number of rotatable bonds is 13. The van der Waals surface area contributed by atoms with E-state index in [4.69, 9.17) is 20.3 Å². The van der Waals surface area contributed by atoms with Crippen molar-refractivity contribution in [1.82, 2.24) is 0 Å². The zero-order valence-electron chi connectivity index (χ0n) is 17.3. The highest BCUT2D eigenvalue weighted by atomic mass is 16.5. The van der Waals surface area contributed by atoms with Crippen LogP contribution in [0.15, 0.2) is 18.2 Å². The summed E-state index contributed by atoms with van der Waals surface area (Å²) < 4.78 is 11.7. The van der Waals surface area contributed by atoms with Crippen LogP contribution in [0, 0.1) is 5.92 Å². The number of aryl methyl sites for hydroxylation is 1. The maximum Gasteiger partial charge on any atom is 0.0704 e. The second-order valence-electron chi connectivity index (χ2n) is 8.21. The fourth-order valence-corrected chi connectivity index (χ4v) is 3.76. The Morgan fingerprint density at radius 1 is 1.11 bits per heavy atom. The molecule has 3 N–H and O–H groups in total. The summed E-state index contributed by atoms with van der Waals surface area (Å²) in [7, 11) is 0. The predicted octanol–water partition coefficient (Wildman–Crippen LogP) is 3.83. The number of unbranched alkanes of at least 4 members (excludes halogenated alkanes) is 1. The molecule has 4 nitrogen and oxygen atoms in total. The Morgan fingerprint density at radius 3 is 2.70 bits per heavy atom. The third-order valence-corrected chi connectivity index (χ3v) is 5.55. The first-order valence-corrected chi connectivity index (χ1v) is 10.8. The second kappa shape index (κ2) is 12.5. The quantitative estimate of drug-likeness (QED) is 0.513. The van der Waals surface area contributed by atoms with Crippen molar-refractivity contribution in [2.45, 2.75) is 70.8 Å². The van der Waals surface area contributed by atoms with Gasteiger partial charge in [-0.2, -0.15) is 0 Å². The molecule has 2 rings (SSSR count). The third kappa shape index (κ3) is 7.90. The summed E-state index contributed by atoms with van der Waals surface area (Å²) >= 11 is 0. The van der Waals surface area contributed by atoms with Crippen LogP contribution in [0.2, 0.25) is 0 Å². The second-order valence-corrected chi connectivity index (χ2v) is 8.21.